The molecule has 0 amide bonds. The summed E-state index contributed by atoms with van der Waals surface area (Å²) in [5, 5.41) is 0. The lowest BCUT2D eigenvalue weighted by Gasteiger charge is -2.24. The summed E-state index contributed by atoms with van der Waals surface area (Å²) < 4.78 is 21.4. The summed E-state index contributed by atoms with van der Waals surface area (Å²) in [4.78, 5) is 21.9. The fourth-order valence-corrected chi connectivity index (χ4v) is 3.42. The first-order chi connectivity index (χ1) is 15.7. The summed E-state index contributed by atoms with van der Waals surface area (Å²) in [6.07, 6.45) is 0. The number of benzene rings is 2. The van der Waals surface area contributed by atoms with E-state index in [-0.39, 0.29) is 12.6 Å². The minimum atomic E-state index is -0.390. The number of H-pyrrole nitrogens is 1. The molecule has 1 aliphatic rings. The first kappa shape index (κ1) is 21.7. The SMILES string of the molecule is COC(=O)c1ccc2nc(-c3ccc(OCC#CCN4CCOCC4)c(OC)c3)[nH]c2c1. The Morgan fingerprint density at radius 2 is 1.97 bits per heavy atom. The van der Waals surface area contributed by atoms with Crippen molar-refractivity contribution in [1.82, 2.24) is 14.9 Å². The molecule has 0 atom stereocenters. The van der Waals surface area contributed by atoms with E-state index < -0.39 is 0 Å². The zero-order chi connectivity index (χ0) is 22.3. The number of hydrogen-bond acceptors (Lipinski definition) is 7. The zero-order valence-corrected chi connectivity index (χ0v) is 18.1. The Hall–Kier alpha value is -3.54. The van der Waals surface area contributed by atoms with E-state index >= 15 is 0 Å². The highest BCUT2D eigenvalue weighted by Gasteiger charge is 2.13. The van der Waals surface area contributed by atoms with Gasteiger partial charge >= 0.3 is 5.97 Å². The van der Waals surface area contributed by atoms with Gasteiger partial charge in [0.1, 0.15) is 12.4 Å². The number of aromatic amines is 1. The monoisotopic (exact) mass is 435 g/mol. The number of methoxy groups -OCH3 is 2. The van der Waals surface area contributed by atoms with Gasteiger partial charge in [0.05, 0.1) is 50.6 Å². The van der Waals surface area contributed by atoms with Gasteiger partial charge in [-0.1, -0.05) is 11.8 Å². The number of nitrogens with zero attached hydrogens (tertiary/aromatic N) is 2. The van der Waals surface area contributed by atoms with Crippen LogP contribution in [0.5, 0.6) is 11.5 Å². The molecule has 1 saturated heterocycles. The fraction of sp³-hybridized carbons (Fsp3) is 0.333. The van der Waals surface area contributed by atoms with E-state index in [9.17, 15) is 4.79 Å². The van der Waals surface area contributed by atoms with Crippen molar-refractivity contribution >= 4 is 17.0 Å². The van der Waals surface area contributed by atoms with Crippen LogP contribution < -0.4 is 9.47 Å². The summed E-state index contributed by atoms with van der Waals surface area (Å²) >= 11 is 0. The molecule has 0 saturated carbocycles. The second-order valence-electron chi connectivity index (χ2n) is 7.21. The number of aromatic nitrogens is 2. The number of ether oxygens (including phenoxy) is 4. The molecule has 0 aliphatic carbocycles. The fourth-order valence-electron chi connectivity index (χ4n) is 3.42. The van der Waals surface area contributed by atoms with Crippen LogP contribution in [-0.4, -0.2) is 74.5 Å². The molecule has 1 aromatic heterocycles. The number of hydrogen-bond donors (Lipinski definition) is 1. The number of carbonyl (C=O) groups excluding carboxylic acids is 1. The van der Waals surface area contributed by atoms with Gasteiger partial charge in [0.2, 0.25) is 0 Å². The van der Waals surface area contributed by atoms with E-state index in [2.05, 4.69) is 26.7 Å². The van der Waals surface area contributed by atoms with Gasteiger partial charge in [-0.25, -0.2) is 9.78 Å². The number of esters is 1. The van der Waals surface area contributed by atoms with Crippen molar-refractivity contribution < 1.29 is 23.7 Å². The average molecular weight is 435 g/mol. The Kier molecular flexibility index (Phi) is 6.90. The molecule has 1 fully saturated rings. The number of carbonyl (C=O) groups is 1. The van der Waals surface area contributed by atoms with Gasteiger partial charge in [0.25, 0.3) is 0 Å². The van der Waals surface area contributed by atoms with Gasteiger partial charge in [0, 0.05) is 18.7 Å². The lowest BCUT2D eigenvalue weighted by Crippen LogP contribution is -2.36. The number of imidazole rings is 1. The van der Waals surface area contributed by atoms with E-state index in [0.717, 1.165) is 42.9 Å². The van der Waals surface area contributed by atoms with E-state index in [0.29, 0.717) is 29.4 Å². The Morgan fingerprint density at radius 3 is 2.75 bits per heavy atom. The third-order valence-corrected chi connectivity index (χ3v) is 5.17. The highest BCUT2D eigenvalue weighted by atomic mass is 16.5. The summed E-state index contributed by atoms with van der Waals surface area (Å²) in [7, 11) is 2.95. The summed E-state index contributed by atoms with van der Waals surface area (Å²) in [5.74, 6) is 7.66. The van der Waals surface area contributed by atoms with Crippen molar-refractivity contribution in [3.05, 3.63) is 42.0 Å². The van der Waals surface area contributed by atoms with Gasteiger partial charge in [-0.15, -0.1) is 0 Å². The highest BCUT2D eigenvalue weighted by Crippen LogP contribution is 2.32. The Balaban J connectivity index is 1.44. The normalized spacial score (nSPS) is 13.9. The molecule has 0 spiro atoms. The standard InChI is InChI=1S/C24H25N3O5/c1-29-22-16-17(23-25-19-7-5-18(24(28)30-2)15-20(19)26-23)6-8-21(22)32-12-4-3-9-27-10-13-31-14-11-27/h5-8,15-16H,9-14H2,1-2H3,(H,25,26). The van der Waals surface area contributed by atoms with Gasteiger partial charge < -0.3 is 23.9 Å². The topological polar surface area (TPSA) is 85.9 Å². The van der Waals surface area contributed by atoms with Crippen LogP contribution in [-0.2, 0) is 9.47 Å². The molecule has 0 unspecified atom stereocenters. The molecule has 2 aromatic carbocycles. The predicted molar refractivity (Wildman–Crippen MR) is 120 cm³/mol. The Labute approximate surface area is 186 Å². The predicted octanol–water partition coefficient (Wildman–Crippen LogP) is 2.74. The van der Waals surface area contributed by atoms with Crippen molar-refractivity contribution in [1.29, 1.82) is 0 Å². The number of rotatable bonds is 6. The summed E-state index contributed by atoms with van der Waals surface area (Å²) in [6, 6.07) is 10.8. The van der Waals surface area contributed by atoms with Crippen molar-refractivity contribution in [2.45, 2.75) is 0 Å². The lowest BCUT2D eigenvalue weighted by atomic mass is 10.2. The molecule has 2 heterocycles. The van der Waals surface area contributed by atoms with E-state index in [1.54, 1.807) is 25.3 Å². The largest absolute Gasteiger partial charge is 0.493 e. The van der Waals surface area contributed by atoms with Gasteiger partial charge in [-0.2, -0.15) is 0 Å². The van der Waals surface area contributed by atoms with Crippen molar-refractivity contribution in [2.75, 3.05) is 53.7 Å². The van der Waals surface area contributed by atoms with Crippen molar-refractivity contribution in [2.24, 2.45) is 0 Å². The molecule has 8 heteroatoms. The maximum absolute atomic E-state index is 11.8. The van der Waals surface area contributed by atoms with Crippen LogP contribution in [0, 0.1) is 11.8 Å². The van der Waals surface area contributed by atoms with Crippen LogP contribution >= 0.6 is 0 Å². The third kappa shape index (κ3) is 5.02. The summed E-state index contributed by atoms with van der Waals surface area (Å²) in [6.45, 7) is 4.35. The molecule has 1 N–H and O–H groups in total. The van der Waals surface area contributed by atoms with Crippen LogP contribution in [0.15, 0.2) is 36.4 Å². The molecular formula is C24H25N3O5. The molecule has 4 rings (SSSR count). The van der Waals surface area contributed by atoms with Crippen LogP contribution in [0.1, 0.15) is 10.4 Å². The van der Waals surface area contributed by atoms with Crippen LogP contribution in [0.3, 0.4) is 0 Å². The maximum Gasteiger partial charge on any atom is 0.337 e. The van der Waals surface area contributed by atoms with E-state index in [4.69, 9.17) is 18.9 Å². The lowest BCUT2D eigenvalue weighted by molar-refractivity contribution is 0.0443. The summed E-state index contributed by atoms with van der Waals surface area (Å²) in [5.41, 5.74) is 2.80. The Bertz CT molecular complexity index is 1160. The quantitative estimate of drug-likeness (QED) is 0.471. The van der Waals surface area contributed by atoms with Gasteiger partial charge in [0.15, 0.2) is 11.5 Å². The van der Waals surface area contributed by atoms with Crippen molar-refractivity contribution in [3.63, 3.8) is 0 Å². The van der Waals surface area contributed by atoms with E-state index in [1.165, 1.54) is 7.11 Å². The molecule has 0 radical (unpaired) electrons. The molecule has 8 nitrogen and oxygen atoms in total. The smallest absolute Gasteiger partial charge is 0.337 e. The average Bonchev–Trinajstić information content (AvgIpc) is 3.27. The van der Waals surface area contributed by atoms with Gasteiger partial charge in [-0.3, -0.25) is 4.90 Å². The third-order valence-electron chi connectivity index (χ3n) is 5.17. The maximum atomic E-state index is 11.8. The van der Waals surface area contributed by atoms with Crippen LogP contribution in [0.25, 0.3) is 22.4 Å². The molecule has 0 bridgehead atoms. The van der Waals surface area contributed by atoms with Gasteiger partial charge in [-0.05, 0) is 36.4 Å². The number of fused-ring (bicyclic) bond motifs is 1. The molecule has 32 heavy (non-hydrogen) atoms. The van der Waals surface area contributed by atoms with Crippen molar-refractivity contribution in [3.8, 4) is 34.7 Å². The first-order valence-electron chi connectivity index (χ1n) is 10.3. The van der Waals surface area contributed by atoms with E-state index in [1.807, 2.05) is 18.2 Å². The zero-order valence-electron chi connectivity index (χ0n) is 18.1. The first-order valence-corrected chi connectivity index (χ1v) is 10.3. The second-order valence-corrected chi connectivity index (χ2v) is 7.21. The Morgan fingerprint density at radius 1 is 1.12 bits per heavy atom. The van der Waals surface area contributed by atoms with Crippen LogP contribution in [0.2, 0.25) is 0 Å². The molecular weight excluding hydrogens is 410 g/mol. The highest BCUT2D eigenvalue weighted by molar-refractivity contribution is 5.94. The van der Waals surface area contributed by atoms with Crippen LogP contribution in [0.4, 0.5) is 0 Å². The molecule has 1 aliphatic heterocycles. The molecule has 166 valence electrons. The molecule has 3 aromatic rings. The minimum absolute atomic E-state index is 0.279. The minimum Gasteiger partial charge on any atom is -0.493 e. The second kappa shape index (κ2) is 10.2. The number of morpholine rings is 1. The number of nitrogens with one attached hydrogen (secondary N) is 1.